The molecule has 1 saturated heterocycles. The molecular formula is C19H27N5O3. The van der Waals surface area contributed by atoms with Crippen LogP contribution in [0.5, 0.6) is 5.75 Å². The first-order valence-corrected chi connectivity index (χ1v) is 9.33. The second-order valence-corrected chi connectivity index (χ2v) is 6.65. The fraction of sp³-hybridized carbons (Fsp3) is 0.526. The maximum Gasteiger partial charge on any atom is 0.318 e. The molecule has 8 nitrogen and oxygen atoms in total. The second-order valence-electron chi connectivity index (χ2n) is 6.65. The highest BCUT2D eigenvalue weighted by atomic mass is 16.5. The summed E-state index contributed by atoms with van der Waals surface area (Å²) in [4.78, 5) is 20.9. The number of hydrogen-bond donors (Lipinski definition) is 1. The van der Waals surface area contributed by atoms with E-state index < -0.39 is 0 Å². The van der Waals surface area contributed by atoms with Crippen LogP contribution >= 0.6 is 0 Å². The van der Waals surface area contributed by atoms with E-state index in [2.05, 4.69) is 26.4 Å². The molecule has 1 atom stereocenters. The van der Waals surface area contributed by atoms with E-state index in [0.29, 0.717) is 31.2 Å². The van der Waals surface area contributed by atoms with Crippen molar-refractivity contribution in [1.82, 2.24) is 25.3 Å². The van der Waals surface area contributed by atoms with Gasteiger partial charge in [-0.05, 0) is 13.0 Å². The molecule has 1 aliphatic rings. The standard InChI is InChI=1S/C19H27N5O3/c1-4-17-21-18(27-22-17)14(2)20-19(25)24-11-9-23(10-12-24)13-15-7-5-6-8-16(15)26-3/h5-8,14H,4,9-13H2,1-3H3,(H,20,25)/t14-/m1/s1. The number of nitrogens with one attached hydrogen (secondary N) is 1. The van der Waals surface area contributed by atoms with Gasteiger partial charge in [0.2, 0.25) is 5.89 Å². The maximum atomic E-state index is 12.5. The predicted molar refractivity (Wildman–Crippen MR) is 100 cm³/mol. The summed E-state index contributed by atoms with van der Waals surface area (Å²) in [5.41, 5.74) is 1.16. The smallest absolute Gasteiger partial charge is 0.318 e. The number of piperazine rings is 1. The molecular weight excluding hydrogens is 346 g/mol. The van der Waals surface area contributed by atoms with Crippen molar-refractivity contribution in [2.24, 2.45) is 0 Å². The maximum absolute atomic E-state index is 12.5. The number of nitrogens with zero attached hydrogens (tertiary/aromatic N) is 4. The molecule has 27 heavy (non-hydrogen) atoms. The zero-order valence-electron chi connectivity index (χ0n) is 16.1. The SMILES string of the molecule is CCc1noc([C@@H](C)NC(=O)N2CCN(Cc3ccccc3OC)CC2)n1. The summed E-state index contributed by atoms with van der Waals surface area (Å²) in [5, 5.41) is 6.81. The van der Waals surface area contributed by atoms with Crippen molar-refractivity contribution >= 4 is 6.03 Å². The third-order valence-electron chi connectivity index (χ3n) is 4.76. The molecule has 3 rings (SSSR count). The molecule has 0 radical (unpaired) electrons. The first kappa shape index (κ1) is 19.2. The Hall–Kier alpha value is -2.61. The normalized spacial score (nSPS) is 16.2. The Labute approximate surface area is 159 Å². The van der Waals surface area contributed by atoms with Gasteiger partial charge in [-0.2, -0.15) is 4.98 Å². The van der Waals surface area contributed by atoms with Gasteiger partial charge in [0.1, 0.15) is 11.8 Å². The van der Waals surface area contributed by atoms with Gasteiger partial charge >= 0.3 is 6.03 Å². The van der Waals surface area contributed by atoms with Crippen molar-refractivity contribution < 1.29 is 14.1 Å². The van der Waals surface area contributed by atoms with Gasteiger partial charge in [-0.25, -0.2) is 4.79 Å². The Morgan fingerprint density at radius 1 is 1.30 bits per heavy atom. The molecule has 1 N–H and O–H groups in total. The topological polar surface area (TPSA) is 83.7 Å². The van der Waals surface area contributed by atoms with Crippen LogP contribution in [0.15, 0.2) is 28.8 Å². The molecule has 146 valence electrons. The van der Waals surface area contributed by atoms with Crippen molar-refractivity contribution in [3.63, 3.8) is 0 Å². The van der Waals surface area contributed by atoms with Crippen LogP contribution < -0.4 is 10.1 Å². The molecule has 0 unspecified atom stereocenters. The number of carbonyl (C=O) groups is 1. The Kier molecular flexibility index (Phi) is 6.28. The summed E-state index contributed by atoms with van der Waals surface area (Å²) in [6.07, 6.45) is 0.707. The zero-order valence-corrected chi connectivity index (χ0v) is 16.1. The number of para-hydroxylation sites is 1. The number of amides is 2. The van der Waals surface area contributed by atoms with E-state index in [4.69, 9.17) is 9.26 Å². The molecule has 1 aromatic carbocycles. The fourth-order valence-corrected chi connectivity index (χ4v) is 3.11. The van der Waals surface area contributed by atoms with Gasteiger partial charge in [0.05, 0.1) is 7.11 Å². The summed E-state index contributed by atoms with van der Waals surface area (Å²) < 4.78 is 10.6. The highest BCUT2D eigenvalue weighted by Gasteiger charge is 2.24. The number of methoxy groups -OCH3 is 1. The predicted octanol–water partition coefficient (Wildman–Crippen LogP) is 2.23. The first-order chi connectivity index (χ1) is 13.1. The first-order valence-electron chi connectivity index (χ1n) is 9.33. The summed E-state index contributed by atoms with van der Waals surface area (Å²) >= 11 is 0. The van der Waals surface area contributed by atoms with Crippen molar-refractivity contribution in [2.45, 2.75) is 32.9 Å². The van der Waals surface area contributed by atoms with Crippen LogP contribution in [0.25, 0.3) is 0 Å². The van der Waals surface area contributed by atoms with Crippen LogP contribution in [-0.4, -0.2) is 59.3 Å². The second kappa shape index (κ2) is 8.85. The van der Waals surface area contributed by atoms with Crippen molar-refractivity contribution in [2.75, 3.05) is 33.3 Å². The number of urea groups is 1. The van der Waals surface area contributed by atoms with E-state index in [0.717, 1.165) is 30.9 Å². The number of hydrogen-bond acceptors (Lipinski definition) is 6. The molecule has 0 saturated carbocycles. The number of aryl methyl sites for hydroxylation is 1. The minimum atomic E-state index is -0.308. The fourth-order valence-electron chi connectivity index (χ4n) is 3.11. The summed E-state index contributed by atoms with van der Waals surface area (Å²) in [5.74, 6) is 1.99. The lowest BCUT2D eigenvalue weighted by molar-refractivity contribution is 0.132. The van der Waals surface area contributed by atoms with E-state index in [1.54, 1.807) is 7.11 Å². The van der Waals surface area contributed by atoms with E-state index in [-0.39, 0.29) is 12.1 Å². The highest BCUT2D eigenvalue weighted by Crippen LogP contribution is 2.20. The molecule has 2 amide bonds. The number of aromatic nitrogens is 2. The van der Waals surface area contributed by atoms with Gasteiger partial charge in [-0.1, -0.05) is 30.3 Å². The zero-order chi connectivity index (χ0) is 19.2. The van der Waals surface area contributed by atoms with Crippen LogP contribution in [0.4, 0.5) is 4.79 Å². The largest absolute Gasteiger partial charge is 0.496 e. The van der Waals surface area contributed by atoms with E-state index >= 15 is 0 Å². The Balaban J connectivity index is 1.49. The Morgan fingerprint density at radius 3 is 2.70 bits per heavy atom. The van der Waals surface area contributed by atoms with Gasteiger partial charge in [0.25, 0.3) is 0 Å². The number of ether oxygens (including phenoxy) is 1. The van der Waals surface area contributed by atoms with Crippen LogP contribution in [0.3, 0.4) is 0 Å². The van der Waals surface area contributed by atoms with Gasteiger partial charge in [-0.3, -0.25) is 4.90 Å². The lowest BCUT2D eigenvalue weighted by Crippen LogP contribution is -2.51. The summed E-state index contributed by atoms with van der Waals surface area (Å²) in [7, 11) is 1.69. The van der Waals surface area contributed by atoms with Crippen molar-refractivity contribution in [3.8, 4) is 5.75 Å². The number of rotatable bonds is 6. The highest BCUT2D eigenvalue weighted by molar-refractivity contribution is 5.74. The minimum Gasteiger partial charge on any atom is -0.496 e. The lowest BCUT2D eigenvalue weighted by atomic mass is 10.1. The molecule has 2 aromatic rings. The average Bonchev–Trinajstić information content (AvgIpc) is 3.18. The minimum absolute atomic E-state index is 0.101. The molecule has 0 spiro atoms. The van der Waals surface area contributed by atoms with Crippen LogP contribution in [-0.2, 0) is 13.0 Å². The molecule has 1 aliphatic heterocycles. The lowest BCUT2D eigenvalue weighted by Gasteiger charge is -2.35. The van der Waals surface area contributed by atoms with Crippen LogP contribution in [0, 0.1) is 0 Å². The van der Waals surface area contributed by atoms with Gasteiger partial charge in [0, 0.05) is 44.7 Å². The molecule has 8 heteroatoms. The molecule has 2 heterocycles. The quantitative estimate of drug-likeness (QED) is 0.836. The average molecular weight is 373 g/mol. The Morgan fingerprint density at radius 2 is 2.04 bits per heavy atom. The van der Waals surface area contributed by atoms with E-state index in [1.807, 2.05) is 36.9 Å². The van der Waals surface area contributed by atoms with E-state index in [1.165, 1.54) is 0 Å². The molecule has 1 aromatic heterocycles. The number of benzene rings is 1. The van der Waals surface area contributed by atoms with Gasteiger partial charge in [0.15, 0.2) is 5.82 Å². The molecule has 0 aliphatic carbocycles. The van der Waals surface area contributed by atoms with Crippen molar-refractivity contribution in [1.29, 1.82) is 0 Å². The summed E-state index contributed by atoms with van der Waals surface area (Å²) in [6.45, 7) is 7.62. The third kappa shape index (κ3) is 4.77. The third-order valence-corrected chi connectivity index (χ3v) is 4.76. The monoisotopic (exact) mass is 373 g/mol. The van der Waals surface area contributed by atoms with Gasteiger partial charge in [-0.15, -0.1) is 0 Å². The summed E-state index contributed by atoms with van der Waals surface area (Å²) in [6, 6.07) is 7.63. The molecule has 0 bridgehead atoms. The molecule has 1 fully saturated rings. The van der Waals surface area contributed by atoms with E-state index in [9.17, 15) is 4.79 Å². The van der Waals surface area contributed by atoms with Crippen molar-refractivity contribution in [3.05, 3.63) is 41.5 Å². The van der Waals surface area contributed by atoms with Gasteiger partial charge < -0.3 is 19.5 Å². The van der Waals surface area contributed by atoms with Crippen LogP contribution in [0.1, 0.15) is 37.2 Å². The Bertz CT molecular complexity index is 755. The van der Waals surface area contributed by atoms with Crippen LogP contribution in [0.2, 0.25) is 0 Å². The number of carbonyl (C=O) groups excluding carboxylic acids is 1.